The van der Waals surface area contributed by atoms with Gasteiger partial charge in [-0.05, 0) is 48.4 Å². The minimum atomic E-state index is -3.53. The molecule has 0 bridgehead atoms. The number of rotatable bonds is 7. The molecule has 0 amide bonds. The molecule has 118 valence electrons. The van der Waals surface area contributed by atoms with Crippen molar-refractivity contribution < 1.29 is 13.2 Å². The molecular weight excluding hydrogens is 322 g/mol. The molecule has 0 spiro atoms. The third kappa shape index (κ3) is 4.73. The highest BCUT2D eigenvalue weighted by atomic mass is 35.5. The molecule has 1 N–H and O–H groups in total. The maximum Gasteiger partial charge on any atom is 0.240 e. The van der Waals surface area contributed by atoms with E-state index in [1.807, 2.05) is 24.3 Å². The second kappa shape index (κ2) is 7.63. The van der Waals surface area contributed by atoms with Crippen LogP contribution in [-0.4, -0.2) is 21.6 Å². The first-order valence-corrected chi connectivity index (χ1v) is 8.84. The fourth-order valence-electron chi connectivity index (χ4n) is 1.90. The highest BCUT2D eigenvalue weighted by molar-refractivity contribution is 7.89. The fraction of sp³-hybridized carbons (Fsp3) is 0.250. The van der Waals surface area contributed by atoms with E-state index in [1.165, 1.54) is 17.7 Å². The predicted molar refractivity (Wildman–Crippen MR) is 88.0 cm³/mol. The van der Waals surface area contributed by atoms with Gasteiger partial charge < -0.3 is 4.74 Å². The summed E-state index contributed by atoms with van der Waals surface area (Å²) in [5, 5.41) is 0.498. The van der Waals surface area contributed by atoms with Crippen molar-refractivity contribution in [2.24, 2.45) is 0 Å². The molecule has 4 nitrogen and oxygen atoms in total. The first kappa shape index (κ1) is 16.8. The predicted octanol–water partition coefficient (Wildman–Crippen LogP) is 3.26. The van der Waals surface area contributed by atoms with Crippen molar-refractivity contribution in [2.75, 3.05) is 13.2 Å². The standard InChI is InChI=1S/C16H18ClNO3S/c1-2-13-4-3-5-15(12-13)21-11-10-18-22(19,20)16-8-6-14(17)7-9-16/h3-9,12,18H,2,10-11H2,1H3. The Bertz CT molecular complexity index is 714. The summed E-state index contributed by atoms with van der Waals surface area (Å²) < 4.78 is 32.1. The maximum absolute atomic E-state index is 12.0. The van der Waals surface area contributed by atoms with Crippen LogP contribution in [0, 0.1) is 0 Å². The van der Waals surface area contributed by atoms with Crippen molar-refractivity contribution in [3.05, 3.63) is 59.1 Å². The van der Waals surface area contributed by atoms with Gasteiger partial charge in [-0.2, -0.15) is 0 Å². The molecule has 2 rings (SSSR count). The zero-order chi connectivity index (χ0) is 16.0. The van der Waals surface area contributed by atoms with Crippen LogP contribution in [0.3, 0.4) is 0 Å². The lowest BCUT2D eigenvalue weighted by Crippen LogP contribution is -2.28. The van der Waals surface area contributed by atoms with Gasteiger partial charge in [0, 0.05) is 11.6 Å². The third-order valence-electron chi connectivity index (χ3n) is 3.09. The molecule has 0 heterocycles. The number of hydrogen-bond donors (Lipinski definition) is 1. The highest BCUT2D eigenvalue weighted by Gasteiger charge is 2.12. The quantitative estimate of drug-likeness (QED) is 0.788. The minimum Gasteiger partial charge on any atom is -0.492 e. The number of aryl methyl sites for hydroxylation is 1. The van der Waals surface area contributed by atoms with Gasteiger partial charge in [0.05, 0.1) is 4.90 Å². The van der Waals surface area contributed by atoms with E-state index >= 15 is 0 Å². The summed E-state index contributed by atoms with van der Waals surface area (Å²) in [6, 6.07) is 13.8. The Balaban J connectivity index is 1.86. The Labute approximate surface area is 136 Å². The number of nitrogens with one attached hydrogen (secondary N) is 1. The van der Waals surface area contributed by atoms with Crippen molar-refractivity contribution in [3.8, 4) is 5.75 Å². The summed E-state index contributed by atoms with van der Waals surface area (Å²) in [5.41, 5.74) is 1.18. The Morgan fingerprint density at radius 1 is 1.14 bits per heavy atom. The van der Waals surface area contributed by atoms with Crippen molar-refractivity contribution in [2.45, 2.75) is 18.2 Å². The van der Waals surface area contributed by atoms with Crippen molar-refractivity contribution >= 4 is 21.6 Å². The molecule has 0 aliphatic rings. The molecule has 0 radical (unpaired) electrons. The van der Waals surface area contributed by atoms with Gasteiger partial charge in [-0.3, -0.25) is 0 Å². The molecule has 6 heteroatoms. The van der Waals surface area contributed by atoms with Gasteiger partial charge in [-0.15, -0.1) is 0 Å². The van der Waals surface area contributed by atoms with Gasteiger partial charge in [0.1, 0.15) is 12.4 Å². The summed E-state index contributed by atoms with van der Waals surface area (Å²) in [6.07, 6.45) is 0.931. The topological polar surface area (TPSA) is 55.4 Å². The highest BCUT2D eigenvalue weighted by Crippen LogP contribution is 2.15. The summed E-state index contributed by atoms with van der Waals surface area (Å²) >= 11 is 5.75. The Kier molecular flexibility index (Phi) is 5.83. The van der Waals surface area contributed by atoms with Gasteiger partial charge in [-0.1, -0.05) is 30.7 Å². The lowest BCUT2D eigenvalue weighted by Gasteiger charge is -2.09. The summed E-state index contributed by atoms with van der Waals surface area (Å²) in [6.45, 7) is 2.53. The van der Waals surface area contributed by atoms with Crippen molar-refractivity contribution in [1.82, 2.24) is 4.72 Å². The Hall–Kier alpha value is -1.56. The van der Waals surface area contributed by atoms with Gasteiger partial charge in [0.25, 0.3) is 0 Å². The SMILES string of the molecule is CCc1cccc(OCCNS(=O)(=O)c2ccc(Cl)cc2)c1. The smallest absolute Gasteiger partial charge is 0.240 e. The monoisotopic (exact) mass is 339 g/mol. The molecule has 0 aromatic heterocycles. The van der Waals surface area contributed by atoms with E-state index in [9.17, 15) is 8.42 Å². The molecule has 0 saturated carbocycles. The number of ether oxygens (including phenoxy) is 1. The lowest BCUT2D eigenvalue weighted by molar-refractivity contribution is 0.322. The van der Waals surface area contributed by atoms with E-state index in [-0.39, 0.29) is 18.0 Å². The van der Waals surface area contributed by atoms with Crippen LogP contribution in [0.5, 0.6) is 5.75 Å². The van der Waals surface area contributed by atoms with E-state index < -0.39 is 10.0 Å². The molecule has 0 aliphatic carbocycles. The van der Waals surface area contributed by atoms with Crippen LogP contribution >= 0.6 is 11.6 Å². The zero-order valence-electron chi connectivity index (χ0n) is 12.3. The molecule has 0 aliphatic heterocycles. The van der Waals surface area contributed by atoms with Gasteiger partial charge in [0.2, 0.25) is 10.0 Å². The van der Waals surface area contributed by atoms with Crippen LogP contribution in [0.15, 0.2) is 53.4 Å². The van der Waals surface area contributed by atoms with Crippen LogP contribution in [0.4, 0.5) is 0 Å². The van der Waals surface area contributed by atoms with Crippen LogP contribution in [0.25, 0.3) is 0 Å². The van der Waals surface area contributed by atoms with Crippen LogP contribution in [0.1, 0.15) is 12.5 Å². The largest absolute Gasteiger partial charge is 0.492 e. The normalized spacial score (nSPS) is 11.4. The summed E-state index contributed by atoms with van der Waals surface area (Å²) in [7, 11) is -3.53. The van der Waals surface area contributed by atoms with Gasteiger partial charge in [-0.25, -0.2) is 13.1 Å². The summed E-state index contributed by atoms with van der Waals surface area (Å²) in [5.74, 6) is 0.741. The van der Waals surface area contributed by atoms with E-state index in [2.05, 4.69) is 11.6 Å². The van der Waals surface area contributed by atoms with Crippen LogP contribution < -0.4 is 9.46 Å². The Morgan fingerprint density at radius 2 is 1.86 bits per heavy atom. The molecule has 0 unspecified atom stereocenters. The lowest BCUT2D eigenvalue weighted by atomic mass is 10.2. The average Bonchev–Trinajstić information content (AvgIpc) is 2.52. The minimum absolute atomic E-state index is 0.185. The molecule has 2 aromatic rings. The number of sulfonamides is 1. The third-order valence-corrected chi connectivity index (χ3v) is 4.82. The average molecular weight is 340 g/mol. The summed E-state index contributed by atoms with van der Waals surface area (Å²) in [4.78, 5) is 0.185. The zero-order valence-corrected chi connectivity index (χ0v) is 13.8. The van der Waals surface area contributed by atoms with Crippen LogP contribution in [0.2, 0.25) is 5.02 Å². The van der Waals surface area contributed by atoms with E-state index in [0.29, 0.717) is 5.02 Å². The number of hydrogen-bond acceptors (Lipinski definition) is 3. The first-order chi connectivity index (χ1) is 10.5. The molecule has 22 heavy (non-hydrogen) atoms. The molecule has 0 fully saturated rings. The van der Waals surface area contributed by atoms with Crippen LogP contribution in [-0.2, 0) is 16.4 Å². The first-order valence-electron chi connectivity index (χ1n) is 6.98. The number of halogens is 1. The molecule has 0 saturated heterocycles. The van der Waals surface area contributed by atoms with Gasteiger partial charge in [0.15, 0.2) is 0 Å². The van der Waals surface area contributed by atoms with Gasteiger partial charge >= 0.3 is 0 Å². The molecular formula is C16H18ClNO3S. The van der Waals surface area contributed by atoms with E-state index in [1.54, 1.807) is 12.1 Å². The second-order valence-corrected chi connectivity index (χ2v) is 6.90. The second-order valence-electron chi connectivity index (χ2n) is 4.70. The maximum atomic E-state index is 12.0. The fourth-order valence-corrected chi connectivity index (χ4v) is 3.04. The van der Waals surface area contributed by atoms with Crippen molar-refractivity contribution in [1.29, 1.82) is 0 Å². The van der Waals surface area contributed by atoms with Crippen molar-refractivity contribution in [3.63, 3.8) is 0 Å². The molecule has 0 atom stereocenters. The number of benzene rings is 2. The molecule has 2 aromatic carbocycles. The van der Waals surface area contributed by atoms with E-state index in [0.717, 1.165) is 12.2 Å². The Morgan fingerprint density at radius 3 is 2.55 bits per heavy atom. The van der Waals surface area contributed by atoms with E-state index in [4.69, 9.17) is 16.3 Å².